The van der Waals surface area contributed by atoms with Gasteiger partial charge >= 0.3 is 5.97 Å². The summed E-state index contributed by atoms with van der Waals surface area (Å²) in [4.78, 5) is 29.9. The minimum Gasteiger partial charge on any atom is -0.481 e. The number of likely N-dealkylation sites (tertiary alicyclic amines) is 1. The second-order valence-corrected chi connectivity index (χ2v) is 7.57. The number of hydrogen-bond donors (Lipinski definition) is 1. The van der Waals surface area contributed by atoms with Gasteiger partial charge in [-0.25, -0.2) is 4.98 Å². The number of carboxylic acid groups (broad SMARTS) is 1. The van der Waals surface area contributed by atoms with E-state index in [1.165, 1.54) is 0 Å². The summed E-state index contributed by atoms with van der Waals surface area (Å²) in [5, 5.41) is 12.2. The number of hydrogen-bond acceptors (Lipinski definition) is 4. The Balaban J connectivity index is 1.64. The summed E-state index contributed by atoms with van der Waals surface area (Å²) in [5.74, 6) is -0.837. The molecule has 1 amide bonds. The monoisotopic (exact) mass is 322 g/mol. The Morgan fingerprint density at radius 1 is 1.41 bits per heavy atom. The predicted molar refractivity (Wildman–Crippen MR) is 84.0 cm³/mol. The fraction of sp³-hybridized carbons (Fsp3) is 0.688. The first-order chi connectivity index (χ1) is 10.5. The Labute approximate surface area is 134 Å². The van der Waals surface area contributed by atoms with E-state index in [9.17, 15) is 9.59 Å². The first-order valence-corrected chi connectivity index (χ1v) is 8.82. The highest BCUT2D eigenvalue weighted by Crippen LogP contribution is 2.41. The lowest BCUT2D eigenvalue weighted by Crippen LogP contribution is -2.40. The summed E-state index contributed by atoms with van der Waals surface area (Å²) < 4.78 is 0. The van der Waals surface area contributed by atoms with Crippen molar-refractivity contribution in [1.29, 1.82) is 0 Å². The number of carbonyl (C=O) groups excluding carboxylic acids is 1. The number of amides is 1. The Morgan fingerprint density at radius 3 is 2.77 bits per heavy atom. The molecule has 0 spiro atoms. The molecule has 2 fully saturated rings. The first-order valence-electron chi connectivity index (χ1n) is 7.94. The third kappa shape index (κ3) is 3.02. The molecule has 2 heterocycles. The summed E-state index contributed by atoms with van der Waals surface area (Å²) in [7, 11) is 0. The van der Waals surface area contributed by atoms with Crippen molar-refractivity contribution in [3.8, 4) is 0 Å². The highest BCUT2D eigenvalue weighted by Gasteiger charge is 2.50. The molecule has 1 aliphatic carbocycles. The molecule has 0 radical (unpaired) electrons. The van der Waals surface area contributed by atoms with E-state index in [4.69, 9.17) is 10.1 Å². The molecule has 22 heavy (non-hydrogen) atoms. The van der Waals surface area contributed by atoms with Gasteiger partial charge in [-0.05, 0) is 25.2 Å². The third-order valence-electron chi connectivity index (χ3n) is 4.64. The van der Waals surface area contributed by atoms with Crippen molar-refractivity contribution in [1.82, 2.24) is 9.88 Å². The van der Waals surface area contributed by atoms with E-state index in [0.717, 1.165) is 30.1 Å². The molecule has 120 valence electrons. The van der Waals surface area contributed by atoms with Crippen molar-refractivity contribution in [2.75, 3.05) is 13.1 Å². The van der Waals surface area contributed by atoms with Gasteiger partial charge in [0.2, 0.25) is 5.91 Å². The normalized spacial score (nSPS) is 28.0. The van der Waals surface area contributed by atoms with Crippen LogP contribution in [0.25, 0.3) is 0 Å². The van der Waals surface area contributed by atoms with E-state index in [-0.39, 0.29) is 11.8 Å². The van der Waals surface area contributed by atoms with Crippen molar-refractivity contribution < 1.29 is 14.7 Å². The van der Waals surface area contributed by atoms with Gasteiger partial charge in [-0.2, -0.15) is 0 Å². The van der Waals surface area contributed by atoms with E-state index in [1.807, 2.05) is 4.90 Å². The maximum Gasteiger partial charge on any atom is 0.307 e. The molecule has 1 N–H and O–H groups in total. The Morgan fingerprint density at radius 2 is 2.18 bits per heavy atom. The molecular weight excluding hydrogens is 300 g/mol. The zero-order valence-electron chi connectivity index (χ0n) is 13.0. The first kappa shape index (κ1) is 15.5. The Bertz CT molecular complexity index is 584. The summed E-state index contributed by atoms with van der Waals surface area (Å²) in [6.45, 7) is 5.71. The highest BCUT2D eigenvalue weighted by molar-refractivity contribution is 7.09. The van der Waals surface area contributed by atoms with Gasteiger partial charge in [0.1, 0.15) is 0 Å². The molecule has 3 rings (SSSR count). The van der Waals surface area contributed by atoms with Crippen LogP contribution < -0.4 is 0 Å². The largest absolute Gasteiger partial charge is 0.481 e. The number of aromatic nitrogens is 1. The van der Waals surface area contributed by atoms with Crippen LogP contribution in [0.5, 0.6) is 0 Å². The van der Waals surface area contributed by atoms with Crippen molar-refractivity contribution in [3.63, 3.8) is 0 Å². The molecule has 3 unspecified atom stereocenters. The molecule has 3 atom stereocenters. The smallest absolute Gasteiger partial charge is 0.307 e. The van der Waals surface area contributed by atoms with E-state index >= 15 is 0 Å². The zero-order chi connectivity index (χ0) is 15.9. The van der Waals surface area contributed by atoms with Crippen LogP contribution in [0.1, 0.15) is 55.6 Å². The van der Waals surface area contributed by atoms with Crippen LogP contribution >= 0.6 is 11.3 Å². The predicted octanol–water partition coefficient (Wildman–Crippen LogP) is 2.69. The summed E-state index contributed by atoms with van der Waals surface area (Å²) in [6.07, 6.45) is 2.53. The van der Waals surface area contributed by atoms with Crippen LogP contribution in [0.15, 0.2) is 5.38 Å². The molecule has 5 nitrogen and oxygen atoms in total. The lowest BCUT2D eigenvalue weighted by molar-refractivity contribution is -0.142. The summed E-state index contributed by atoms with van der Waals surface area (Å²) in [5.41, 5.74) is 1.12. The molecule has 2 aliphatic rings. The van der Waals surface area contributed by atoms with E-state index < -0.39 is 11.9 Å². The van der Waals surface area contributed by atoms with Gasteiger partial charge in [0.05, 0.1) is 22.5 Å². The molecule has 1 aromatic heterocycles. The maximum atomic E-state index is 12.4. The number of piperidine rings is 1. The van der Waals surface area contributed by atoms with Crippen LogP contribution in [-0.2, 0) is 9.59 Å². The SMILES string of the molecule is CC(C)c1csc(C2CCCN(C(=O)C3CC3C(=O)O)C2)n1. The van der Waals surface area contributed by atoms with Gasteiger partial charge in [-0.3, -0.25) is 9.59 Å². The average molecular weight is 322 g/mol. The topological polar surface area (TPSA) is 70.5 Å². The molecule has 1 saturated carbocycles. The third-order valence-corrected chi connectivity index (χ3v) is 5.66. The fourth-order valence-corrected chi connectivity index (χ4v) is 4.22. The standard InChI is InChI=1S/C16H22N2O3S/c1-9(2)13-8-22-14(17-13)10-4-3-5-18(7-10)15(19)11-6-12(11)16(20)21/h8-12H,3-7H2,1-2H3,(H,20,21). The summed E-state index contributed by atoms with van der Waals surface area (Å²) in [6, 6.07) is 0. The molecule has 0 bridgehead atoms. The molecule has 0 aromatic carbocycles. The van der Waals surface area contributed by atoms with Crippen molar-refractivity contribution in [2.45, 2.75) is 44.9 Å². The van der Waals surface area contributed by atoms with Crippen LogP contribution in [0, 0.1) is 11.8 Å². The second-order valence-electron chi connectivity index (χ2n) is 6.68. The lowest BCUT2D eigenvalue weighted by Gasteiger charge is -2.32. The van der Waals surface area contributed by atoms with Crippen molar-refractivity contribution >= 4 is 23.2 Å². The van der Waals surface area contributed by atoms with Gasteiger partial charge in [-0.1, -0.05) is 13.8 Å². The number of carboxylic acids is 1. The minimum atomic E-state index is -0.839. The van der Waals surface area contributed by atoms with Crippen LogP contribution in [0.4, 0.5) is 0 Å². The van der Waals surface area contributed by atoms with Crippen molar-refractivity contribution in [3.05, 3.63) is 16.1 Å². The second kappa shape index (κ2) is 5.99. The summed E-state index contributed by atoms with van der Waals surface area (Å²) >= 11 is 1.68. The lowest BCUT2D eigenvalue weighted by atomic mass is 9.98. The van der Waals surface area contributed by atoms with Crippen LogP contribution in [0.3, 0.4) is 0 Å². The molecule has 6 heteroatoms. The van der Waals surface area contributed by atoms with Gasteiger partial charge < -0.3 is 10.0 Å². The Kier molecular flexibility index (Phi) is 4.21. The number of aliphatic carboxylic acids is 1. The molecule has 1 saturated heterocycles. The number of thiazole rings is 1. The van der Waals surface area contributed by atoms with Crippen LogP contribution in [-0.4, -0.2) is 40.0 Å². The van der Waals surface area contributed by atoms with E-state index in [2.05, 4.69) is 19.2 Å². The zero-order valence-corrected chi connectivity index (χ0v) is 13.8. The molecule has 1 aliphatic heterocycles. The van der Waals surface area contributed by atoms with E-state index in [1.54, 1.807) is 11.3 Å². The number of nitrogens with zero attached hydrogens (tertiary/aromatic N) is 2. The minimum absolute atomic E-state index is 0.0257. The molecular formula is C16H22N2O3S. The van der Waals surface area contributed by atoms with Crippen LogP contribution in [0.2, 0.25) is 0 Å². The van der Waals surface area contributed by atoms with Crippen molar-refractivity contribution in [2.24, 2.45) is 11.8 Å². The fourth-order valence-electron chi connectivity index (χ4n) is 3.11. The van der Waals surface area contributed by atoms with E-state index in [0.29, 0.717) is 24.8 Å². The Hall–Kier alpha value is -1.43. The average Bonchev–Trinajstić information content (AvgIpc) is 3.15. The number of rotatable bonds is 4. The quantitative estimate of drug-likeness (QED) is 0.925. The number of carbonyl (C=O) groups is 2. The van der Waals surface area contributed by atoms with Gasteiger partial charge in [0, 0.05) is 24.4 Å². The maximum absolute atomic E-state index is 12.4. The van der Waals surface area contributed by atoms with Gasteiger partial charge in [-0.15, -0.1) is 11.3 Å². The van der Waals surface area contributed by atoms with Gasteiger partial charge in [0.15, 0.2) is 0 Å². The highest BCUT2D eigenvalue weighted by atomic mass is 32.1. The van der Waals surface area contributed by atoms with Gasteiger partial charge in [0.25, 0.3) is 0 Å². The molecule has 1 aromatic rings.